The zero-order valence-electron chi connectivity index (χ0n) is 11.2. The monoisotopic (exact) mass is 260 g/mol. The lowest BCUT2D eigenvalue weighted by molar-refractivity contribution is 0.653. The van der Waals surface area contributed by atoms with Crippen molar-refractivity contribution in [2.45, 2.75) is 19.9 Å². The molecule has 0 aliphatic rings. The number of nitrogens with two attached hydrogens (primary N) is 1. The molecule has 0 unspecified atom stereocenters. The van der Waals surface area contributed by atoms with E-state index >= 15 is 0 Å². The fourth-order valence-electron chi connectivity index (χ4n) is 2.28. The number of aromatic nitrogens is 7. The molecule has 100 valence electrons. The average Bonchev–Trinajstić information content (AvgIpc) is 2.97. The summed E-state index contributed by atoms with van der Waals surface area (Å²) < 4.78 is 5.45. The molecule has 0 bridgehead atoms. The molecule has 3 heterocycles. The standard InChI is InChI=1S/C11H16N8/c1-7-9-10(18(3)15-7)19(11(12)14-9)5-4-8-13-6-17(2)16-8/h6H,4-5H2,1-3H3,(H2,12,14). The highest BCUT2D eigenvalue weighted by Crippen LogP contribution is 2.20. The molecule has 8 heteroatoms. The summed E-state index contributed by atoms with van der Waals surface area (Å²) in [6, 6.07) is 0. The second-order valence-electron chi connectivity index (χ2n) is 4.59. The first-order valence-corrected chi connectivity index (χ1v) is 6.06. The Labute approximate surface area is 109 Å². The third kappa shape index (κ3) is 1.85. The van der Waals surface area contributed by atoms with Crippen LogP contribution in [0.3, 0.4) is 0 Å². The summed E-state index contributed by atoms with van der Waals surface area (Å²) in [7, 11) is 3.75. The van der Waals surface area contributed by atoms with Crippen molar-refractivity contribution < 1.29 is 0 Å². The van der Waals surface area contributed by atoms with E-state index in [-0.39, 0.29) is 0 Å². The van der Waals surface area contributed by atoms with Gasteiger partial charge in [-0.1, -0.05) is 0 Å². The fraction of sp³-hybridized carbons (Fsp3) is 0.455. The molecule has 19 heavy (non-hydrogen) atoms. The Morgan fingerprint density at radius 3 is 2.74 bits per heavy atom. The number of aryl methyl sites for hydroxylation is 5. The lowest BCUT2D eigenvalue weighted by Crippen LogP contribution is -2.09. The zero-order valence-corrected chi connectivity index (χ0v) is 11.2. The van der Waals surface area contributed by atoms with E-state index in [1.165, 1.54) is 0 Å². The number of nitrogens with zero attached hydrogens (tertiary/aromatic N) is 7. The highest BCUT2D eigenvalue weighted by atomic mass is 15.4. The molecule has 3 rings (SSSR count). The predicted octanol–water partition coefficient (Wildman–Crippen LogP) is 0.0316. The molecule has 0 saturated heterocycles. The maximum atomic E-state index is 5.97. The Hall–Kier alpha value is -2.38. The molecule has 0 aromatic carbocycles. The molecule has 0 fully saturated rings. The molecule has 8 nitrogen and oxygen atoms in total. The van der Waals surface area contributed by atoms with Crippen molar-refractivity contribution in [1.82, 2.24) is 34.1 Å². The van der Waals surface area contributed by atoms with Crippen molar-refractivity contribution in [1.29, 1.82) is 0 Å². The summed E-state index contributed by atoms with van der Waals surface area (Å²) in [6.45, 7) is 2.62. The van der Waals surface area contributed by atoms with Gasteiger partial charge in [0.1, 0.15) is 11.8 Å². The Balaban J connectivity index is 1.94. The normalized spacial score (nSPS) is 11.5. The number of anilines is 1. The van der Waals surface area contributed by atoms with E-state index in [1.54, 1.807) is 15.7 Å². The van der Waals surface area contributed by atoms with Gasteiger partial charge in [-0.05, 0) is 6.92 Å². The van der Waals surface area contributed by atoms with Crippen LogP contribution in [0.1, 0.15) is 11.5 Å². The minimum atomic E-state index is 0.502. The third-order valence-corrected chi connectivity index (χ3v) is 3.13. The molecule has 2 N–H and O–H groups in total. The maximum Gasteiger partial charge on any atom is 0.202 e. The molecular formula is C11H16N8. The van der Waals surface area contributed by atoms with Gasteiger partial charge in [0.15, 0.2) is 11.5 Å². The van der Waals surface area contributed by atoms with Crippen LogP contribution in [0.25, 0.3) is 11.2 Å². The first kappa shape index (κ1) is 11.7. The molecule has 0 amide bonds. The molecule has 0 radical (unpaired) electrons. The minimum absolute atomic E-state index is 0.502. The minimum Gasteiger partial charge on any atom is -0.369 e. The van der Waals surface area contributed by atoms with Crippen LogP contribution in [0.5, 0.6) is 0 Å². The number of fused-ring (bicyclic) bond motifs is 1. The number of nitrogen functional groups attached to an aromatic ring is 1. The first-order chi connectivity index (χ1) is 9.06. The van der Waals surface area contributed by atoms with Crippen LogP contribution in [0.4, 0.5) is 5.95 Å². The number of hydrogen-bond donors (Lipinski definition) is 1. The Kier molecular flexibility index (Phi) is 2.51. The second-order valence-corrected chi connectivity index (χ2v) is 4.59. The Bertz CT molecular complexity index is 731. The molecular weight excluding hydrogens is 244 g/mol. The smallest absolute Gasteiger partial charge is 0.202 e. The van der Waals surface area contributed by atoms with Crippen molar-refractivity contribution >= 4 is 17.1 Å². The van der Waals surface area contributed by atoms with Gasteiger partial charge in [-0.15, -0.1) is 0 Å². The highest BCUT2D eigenvalue weighted by molar-refractivity contribution is 5.77. The van der Waals surface area contributed by atoms with Crippen molar-refractivity contribution in [3.63, 3.8) is 0 Å². The van der Waals surface area contributed by atoms with Crippen molar-refractivity contribution in [3.05, 3.63) is 17.8 Å². The number of hydrogen-bond acceptors (Lipinski definition) is 5. The topological polar surface area (TPSA) is 92.4 Å². The Morgan fingerprint density at radius 1 is 1.26 bits per heavy atom. The van der Waals surface area contributed by atoms with E-state index in [2.05, 4.69) is 20.2 Å². The summed E-state index contributed by atoms with van der Waals surface area (Å²) in [5, 5.41) is 8.61. The van der Waals surface area contributed by atoms with Gasteiger partial charge in [0.25, 0.3) is 0 Å². The summed E-state index contributed by atoms with van der Waals surface area (Å²) in [5.74, 6) is 1.30. The van der Waals surface area contributed by atoms with Crippen LogP contribution in [-0.2, 0) is 27.1 Å². The van der Waals surface area contributed by atoms with Gasteiger partial charge in [0, 0.05) is 27.1 Å². The van der Waals surface area contributed by atoms with Gasteiger partial charge in [-0.2, -0.15) is 10.2 Å². The third-order valence-electron chi connectivity index (χ3n) is 3.13. The fourth-order valence-corrected chi connectivity index (χ4v) is 2.28. The molecule has 0 atom stereocenters. The van der Waals surface area contributed by atoms with E-state index < -0.39 is 0 Å². The molecule has 0 saturated carbocycles. The molecule has 3 aromatic rings. The van der Waals surface area contributed by atoms with Crippen LogP contribution in [-0.4, -0.2) is 34.1 Å². The van der Waals surface area contributed by atoms with Crippen molar-refractivity contribution in [2.75, 3.05) is 5.73 Å². The predicted molar refractivity (Wildman–Crippen MR) is 70.4 cm³/mol. The van der Waals surface area contributed by atoms with Crippen LogP contribution >= 0.6 is 0 Å². The van der Waals surface area contributed by atoms with Gasteiger partial charge < -0.3 is 5.73 Å². The maximum absolute atomic E-state index is 5.97. The quantitative estimate of drug-likeness (QED) is 0.717. The van der Waals surface area contributed by atoms with E-state index in [4.69, 9.17) is 5.73 Å². The lowest BCUT2D eigenvalue weighted by Gasteiger charge is -2.04. The summed E-state index contributed by atoms with van der Waals surface area (Å²) >= 11 is 0. The lowest BCUT2D eigenvalue weighted by atomic mass is 10.4. The summed E-state index contributed by atoms with van der Waals surface area (Å²) in [4.78, 5) is 8.57. The van der Waals surface area contributed by atoms with Crippen LogP contribution in [0.15, 0.2) is 6.33 Å². The number of imidazole rings is 1. The van der Waals surface area contributed by atoms with E-state index in [9.17, 15) is 0 Å². The average molecular weight is 260 g/mol. The van der Waals surface area contributed by atoms with Gasteiger partial charge >= 0.3 is 0 Å². The largest absolute Gasteiger partial charge is 0.369 e. The highest BCUT2D eigenvalue weighted by Gasteiger charge is 2.15. The first-order valence-electron chi connectivity index (χ1n) is 6.06. The van der Waals surface area contributed by atoms with Crippen molar-refractivity contribution in [3.8, 4) is 0 Å². The van der Waals surface area contributed by atoms with Crippen LogP contribution in [0, 0.1) is 6.92 Å². The SMILES string of the molecule is Cc1nn(C)c2c1nc(N)n2CCc1ncn(C)n1. The second kappa shape index (κ2) is 4.08. The van der Waals surface area contributed by atoms with Gasteiger partial charge in [-0.25, -0.2) is 9.97 Å². The number of rotatable bonds is 3. The molecule has 0 aliphatic heterocycles. The zero-order chi connectivity index (χ0) is 13.6. The van der Waals surface area contributed by atoms with Crippen LogP contribution < -0.4 is 5.73 Å². The summed E-state index contributed by atoms with van der Waals surface area (Å²) in [6.07, 6.45) is 2.40. The van der Waals surface area contributed by atoms with Gasteiger partial charge in [0.2, 0.25) is 5.95 Å². The Morgan fingerprint density at radius 2 is 2.05 bits per heavy atom. The molecule has 0 aliphatic carbocycles. The van der Waals surface area contributed by atoms with Gasteiger partial charge in [0.05, 0.1) is 5.69 Å². The van der Waals surface area contributed by atoms with E-state index in [0.29, 0.717) is 18.9 Å². The van der Waals surface area contributed by atoms with E-state index in [1.807, 2.05) is 25.6 Å². The summed E-state index contributed by atoms with van der Waals surface area (Å²) in [5.41, 5.74) is 8.65. The van der Waals surface area contributed by atoms with E-state index in [0.717, 1.165) is 22.7 Å². The van der Waals surface area contributed by atoms with Crippen LogP contribution in [0.2, 0.25) is 0 Å². The molecule has 0 spiro atoms. The van der Waals surface area contributed by atoms with Gasteiger partial charge in [-0.3, -0.25) is 13.9 Å². The van der Waals surface area contributed by atoms with Crippen molar-refractivity contribution in [2.24, 2.45) is 14.1 Å². The molecule has 3 aromatic heterocycles.